The van der Waals surface area contributed by atoms with Crippen LogP contribution in [0.3, 0.4) is 0 Å². The SMILES string of the molecule is CCOc1cc2ncnc(Nc3ccc(OCc4cccc(F)c4)c(Cl)c3)c2cc1NC(=O)[C@H]1NC(=O)O[C@@H]1C. The number of ether oxygens (including phenoxy) is 3. The molecule has 1 aromatic heterocycles. The molecular formula is C28H25ClFN5O5. The van der Waals surface area contributed by atoms with Crippen molar-refractivity contribution in [3.05, 3.63) is 77.3 Å². The standard InChI is InChI=1S/C28H25ClFN5O5/c1-3-38-24-12-21-19(11-22(24)34-27(36)25-15(2)40-28(37)35-25)26(32-14-31-21)33-18-7-8-23(20(29)10-18)39-13-16-5-4-6-17(30)9-16/h4-12,14-15,25H,3,13H2,1-2H3,(H,34,36)(H,35,37)(H,31,32,33)/t15-,25+/m1/s1. The van der Waals surface area contributed by atoms with E-state index in [4.69, 9.17) is 25.8 Å². The molecule has 1 saturated heterocycles. The zero-order valence-electron chi connectivity index (χ0n) is 21.5. The molecule has 0 bridgehead atoms. The largest absolute Gasteiger partial charge is 0.492 e. The summed E-state index contributed by atoms with van der Waals surface area (Å²) in [5.74, 6) is 0.514. The van der Waals surface area contributed by atoms with Gasteiger partial charge in [0.25, 0.3) is 5.91 Å². The molecule has 1 fully saturated rings. The molecule has 0 saturated carbocycles. The quantitative estimate of drug-likeness (QED) is 0.240. The van der Waals surface area contributed by atoms with Crippen LogP contribution in [-0.2, 0) is 16.1 Å². The number of carbonyl (C=O) groups excluding carboxylic acids is 2. The average molecular weight is 566 g/mol. The average Bonchev–Trinajstić information content (AvgIpc) is 3.27. The van der Waals surface area contributed by atoms with Crippen molar-refractivity contribution < 1.29 is 28.2 Å². The van der Waals surface area contributed by atoms with E-state index >= 15 is 0 Å². The van der Waals surface area contributed by atoms with E-state index in [2.05, 4.69) is 25.9 Å². The number of alkyl carbamates (subject to hydrolysis) is 1. The van der Waals surface area contributed by atoms with Gasteiger partial charge in [0, 0.05) is 17.1 Å². The number of fused-ring (bicyclic) bond motifs is 1. The first kappa shape index (κ1) is 26.9. The Kier molecular flexibility index (Phi) is 7.83. The Labute approximate surface area is 233 Å². The molecule has 0 spiro atoms. The number of cyclic esters (lactones) is 1. The van der Waals surface area contributed by atoms with E-state index < -0.39 is 24.1 Å². The molecule has 3 aromatic carbocycles. The van der Waals surface area contributed by atoms with Gasteiger partial charge in [0.05, 0.1) is 22.8 Å². The Balaban J connectivity index is 1.38. The molecule has 40 heavy (non-hydrogen) atoms. The van der Waals surface area contributed by atoms with Gasteiger partial charge in [-0.15, -0.1) is 0 Å². The highest BCUT2D eigenvalue weighted by atomic mass is 35.5. The number of carbonyl (C=O) groups is 2. The number of hydrogen-bond donors (Lipinski definition) is 3. The predicted molar refractivity (Wildman–Crippen MR) is 148 cm³/mol. The molecule has 12 heteroatoms. The Bertz CT molecular complexity index is 1590. The topological polar surface area (TPSA) is 124 Å². The van der Waals surface area contributed by atoms with Crippen LogP contribution in [0.25, 0.3) is 10.9 Å². The van der Waals surface area contributed by atoms with E-state index in [1.165, 1.54) is 18.5 Å². The lowest BCUT2D eigenvalue weighted by atomic mass is 10.1. The van der Waals surface area contributed by atoms with Crippen LogP contribution >= 0.6 is 11.6 Å². The number of anilines is 3. The fraction of sp³-hybridized carbons (Fsp3) is 0.214. The zero-order valence-corrected chi connectivity index (χ0v) is 22.3. The molecule has 0 radical (unpaired) electrons. The zero-order chi connectivity index (χ0) is 28.2. The van der Waals surface area contributed by atoms with Gasteiger partial charge in [-0.1, -0.05) is 23.7 Å². The molecular weight excluding hydrogens is 541 g/mol. The van der Waals surface area contributed by atoms with Crippen molar-refractivity contribution in [2.75, 3.05) is 17.2 Å². The number of amides is 2. The first-order chi connectivity index (χ1) is 19.3. The van der Waals surface area contributed by atoms with E-state index in [0.717, 1.165) is 0 Å². The molecule has 3 N–H and O–H groups in total. The molecule has 0 unspecified atom stereocenters. The molecule has 1 aliphatic heterocycles. The molecule has 1 aliphatic rings. The van der Waals surface area contributed by atoms with Crippen molar-refractivity contribution in [2.24, 2.45) is 0 Å². The molecule has 0 aliphatic carbocycles. The maximum Gasteiger partial charge on any atom is 0.408 e. The molecule has 2 heterocycles. The lowest BCUT2D eigenvalue weighted by Crippen LogP contribution is -2.42. The summed E-state index contributed by atoms with van der Waals surface area (Å²) in [4.78, 5) is 33.2. The summed E-state index contributed by atoms with van der Waals surface area (Å²) in [5.41, 5.74) is 2.26. The lowest BCUT2D eigenvalue weighted by Gasteiger charge is -2.17. The Morgan fingerprint density at radius 1 is 1.12 bits per heavy atom. The minimum absolute atomic E-state index is 0.160. The first-order valence-electron chi connectivity index (χ1n) is 12.4. The van der Waals surface area contributed by atoms with Crippen molar-refractivity contribution in [3.8, 4) is 11.5 Å². The van der Waals surface area contributed by atoms with Crippen LogP contribution in [0.15, 0.2) is 60.9 Å². The van der Waals surface area contributed by atoms with E-state index in [1.54, 1.807) is 49.4 Å². The molecule has 2 atom stereocenters. The Hall–Kier alpha value is -4.64. The molecule has 2 amide bonds. The summed E-state index contributed by atoms with van der Waals surface area (Å²) in [6.45, 7) is 3.97. The number of hydrogen-bond acceptors (Lipinski definition) is 8. The Morgan fingerprint density at radius 2 is 1.98 bits per heavy atom. The van der Waals surface area contributed by atoms with Crippen LogP contribution in [0, 0.1) is 5.82 Å². The molecule has 10 nitrogen and oxygen atoms in total. The second kappa shape index (κ2) is 11.6. The molecule has 5 rings (SSSR count). The fourth-order valence-electron chi connectivity index (χ4n) is 4.18. The highest BCUT2D eigenvalue weighted by molar-refractivity contribution is 6.32. The number of nitrogens with one attached hydrogen (secondary N) is 3. The van der Waals surface area contributed by atoms with Gasteiger partial charge in [-0.3, -0.25) is 4.79 Å². The minimum Gasteiger partial charge on any atom is -0.492 e. The van der Waals surface area contributed by atoms with Gasteiger partial charge in [-0.25, -0.2) is 19.2 Å². The van der Waals surface area contributed by atoms with Crippen molar-refractivity contribution in [1.82, 2.24) is 15.3 Å². The third-order valence-corrected chi connectivity index (χ3v) is 6.39. The summed E-state index contributed by atoms with van der Waals surface area (Å²) in [5, 5.41) is 9.49. The van der Waals surface area contributed by atoms with Gasteiger partial charge in [0.15, 0.2) is 0 Å². The highest BCUT2D eigenvalue weighted by Crippen LogP contribution is 2.35. The summed E-state index contributed by atoms with van der Waals surface area (Å²) in [6, 6.07) is 13.8. The second-order valence-corrected chi connectivity index (χ2v) is 9.34. The van der Waals surface area contributed by atoms with Crippen molar-refractivity contribution >= 4 is 51.7 Å². The van der Waals surface area contributed by atoms with Crippen LogP contribution < -0.4 is 25.4 Å². The summed E-state index contributed by atoms with van der Waals surface area (Å²) in [6.07, 6.45) is 0.124. The lowest BCUT2D eigenvalue weighted by molar-refractivity contribution is -0.118. The van der Waals surface area contributed by atoms with Crippen LogP contribution in [0.2, 0.25) is 5.02 Å². The molecule has 4 aromatic rings. The second-order valence-electron chi connectivity index (χ2n) is 8.93. The highest BCUT2D eigenvalue weighted by Gasteiger charge is 2.36. The maximum atomic E-state index is 13.4. The number of nitrogens with zero attached hydrogens (tertiary/aromatic N) is 2. The van der Waals surface area contributed by atoms with Crippen molar-refractivity contribution in [2.45, 2.75) is 32.6 Å². The van der Waals surface area contributed by atoms with Gasteiger partial charge in [0.1, 0.15) is 48.2 Å². The smallest absolute Gasteiger partial charge is 0.408 e. The third-order valence-electron chi connectivity index (χ3n) is 6.09. The van der Waals surface area contributed by atoms with Gasteiger partial charge in [-0.05, 0) is 55.8 Å². The van der Waals surface area contributed by atoms with E-state index in [9.17, 15) is 14.0 Å². The predicted octanol–water partition coefficient (Wildman–Crippen LogP) is 5.58. The summed E-state index contributed by atoms with van der Waals surface area (Å²) in [7, 11) is 0. The molecule has 206 valence electrons. The van der Waals surface area contributed by atoms with Crippen LogP contribution in [0.4, 0.5) is 26.4 Å². The van der Waals surface area contributed by atoms with Crippen LogP contribution in [0.5, 0.6) is 11.5 Å². The van der Waals surface area contributed by atoms with E-state index in [-0.39, 0.29) is 12.4 Å². The van der Waals surface area contributed by atoms with E-state index in [0.29, 0.717) is 56.8 Å². The van der Waals surface area contributed by atoms with Gasteiger partial charge >= 0.3 is 6.09 Å². The maximum absolute atomic E-state index is 13.4. The minimum atomic E-state index is -0.855. The third kappa shape index (κ3) is 5.99. The fourth-order valence-corrected chi connectivity index (χ4v) is 4.42. The number of benzene rings is 3. The monoisotopic (exact) mass is 565 g/mol. The Morgan fingerprint density at radius 3 is 2.70 bits per heavy atom. The number of rotatable bonds is 9. The summed E-state index contributed by atoms with van der Waals surface area (Å²) >= 11 is 6.46. The van der Waals surface area contributed by atoms with Crippen molar-refractivity contribution in [1.29, 1.82) is 0 Å². The van der Waals surface area contributed by atoms with Crippen molar-refractivity contribution in [3.63, 3.8) is 0 Å². The van der Waals surface area contributed by atoms with Gasteiger partial charge in [0.2, 0.25) is 0 Å². The van der Waals surface area contributed by atoms with Gasteiger partial charge in [-0.2, -0.15) is 0 Å². The summed E-state index contributed by atoms with van der Waals surface area (Å²) < 4.78 is 30.0. The number of aromatic nitrogens is 2. The van der Waals surface area contributed by atoms with Crippen LogP contribution in [0.1, 0.15) is 19.4 Å². The first-order valence-corrected chi connectivity index (χ1v) is 12.8. The normalized spacial score (nSPS) is 16.2. The van der Waals surface area contributed by atoms with Crippen LogP contribution in [-0.4, -0.2) is 40.7 Å². The van der Waals surface area contributed by atoms with E-state index in [1.807, 2.05) is 6.92 Å². The number of halogens is 2. The van der Waals surface area contributed by atoms with Gasteiger partial charge < -0.3 is 30.2 Å².